The standard InChI is InChI=1S/C25H35F4N3O3S/c1-24(2,3)23(31-36(34,35)25(27,28)29)16-32-11-9-17(10-12-32)13-20(33)6-4-5-18-15-30-22-8-7-19(26)14-21(18)22/h7-8,14-15,17,23,30-31H,4-6,9-13,16H2,1-3H3. The smallest absolute Gasteiger partial charge is 0.361 e. The number of benzene rings is 1. The Labute approximate surface area is 209 Å². The van der Waals surface area contributed by atoms with Gasteiger partial charge in [0.25, 0.3) is 0 Å². The molecule has 11 heteroatoms. The van der Waals surface area contributed by atoms with Crippen LogP contribution >= 0.6 is 0 Å². The molecule has 2 heterocycles. The number of aromatic amines is 1. The molecule has 1 fully saturated rings. The summed E-state index contributed by atoms with van der Waals surface area (Å²) in [5.74, 6) is 0.0817. The molecule has 1 atom stereocenters. The lowest BCUT2D eigenvalue weighted by molar-refractivity contribution is -0.120. The number of hydrogen-bond acceptors (Lipinski definition) is 4. The third kappa shape index (κ3) is 7.52. The average Bonchev–Trinajstić information content (AvgIpc) is 3.15. The summed E-state index contributed by atoms with van der Waals surface area (Å²) in [5.41, 5.74) is -4.21. The van der Waals surface area contributed by atoms with E-state index in [4.69, 9.17) is 0 Å². The number of likely N-dealkylation sites (tertiary alicyclic amines) is 1. The minimum absolute atomic E-state index is 0.171. The lowest BCUT2D eigenvalue weighted by atomic mass is 9.85. The molecule has 1 aromatic carbocycles. The quantitative estimate of drug-likeness (QED) is 0.414. The normalized spacial score (nSPS) is 17.5. The fraction of sp³-hybridized carbons (Fsp3) is 0.640. The zero-order chi connectivity index (χ0) is 26.7. The summed E-state index contributed by atoms with van der Waals surface area (Å²) in [5, 5.41) is 0.834. The van der Waals surface area contributed by atoms with Crippen molar-refractivity contribution in [1.82, 2.24) is 14.6 Å². The third-order valence-electron chi connectivity index (χ3n) is 6.94. The lowest BCUT2D eigenvalue weighted by Gasteiger charge is -2.38. The Morgan fingerprint density at radius 2 is 1.86 bits per heavy atom. The fourth-order valence-electron chi connectivity index (χ4n) is 4.63. The summed E-state index contributed by atoms with van der Waals surface area (Å²) in [7, 11) is -5.44. The van der Waals surface area contributed by atoms with Crippen LogP contribution in [0.4, 0.5) is 17.6 Å². The second-order valence-electron chi connectivity index (χ2n) is 10.8. The summed E-state index contributed by atoms with van der Waals surface area (Å²) in [6, 6.07) is 3.69. The van der Waals surface area contributed by atoms with Crippen molar-refractivity contribution < 1.29 is 30.8 Å². The van der Waals surface area contributed by atoms with Crippen LogP contribution in [-0.4, -0.2) is 55.3 Å². The van der Waals surface area contributed by atoms with Gasteiger partial charge in [0.2, 0.25) is 0 Å². The Balaban J connectivity index is 1.44. The SMILES string of the molecule is CC(C)(C)C(CN1CCC(CC(=O)CCCc2c[nH]c3ccc(F)cc23)CC1)NS(=O)(=O)C(F)(F)F. The number of fused-ring (bicyclic) bond motifs is 1. The maximum absolute atomic E-state index is 13.5. The van der Waals surface area contributed by atoms with Crippen LogP contribution in [0.15, 0.2) is 24.4 Å². The first-order valence-corrected chi connectivity index (χ1v) is 13.7. The predicted octanol–water partition coefficient (Wildman–Crippen LogP) is 5.15. The summed E-state index contributed by atoms with van der Waals surface area (Å²) in [6.45, 7) is 6.47. The van der Waals surface area contributed by atoms with Crippen molar-refractivity contribution in [3.63, 3.8) is 0 Å². The van der Waals surface area contributed by atoms with Gasteiger partial charge in [0.05, 0.1) is 0 Å². The van der Waals surface area contributed by atoms with Gasteiger partial charge in [-0.2, -0.15) is 13.2 Å². The number of nitrogens with zero attached hydrogens (tertiary/aromatic N) is 1. The molecule has 1 aliphatic heterocycles. The molecular weight excluding hydrogens is 498 g/mol. The molecule has 2 aromatic rings. The Bertz CT molecular complexity index is 1150. The number of halogens is 4. The number of alkyl halides is 3. The number of nitrogens with one attached hydrogen (secondary N) is 2. The van der Waals surface area contributed by atoms with Crippen molar-refractivity contribution in [2.45, 2.75) is 70.8 Å². The Morgan fingerprint density at radius 3 is 2.47 bits per heavy atom. The van der Waals surface area contributed by atoms with Crippen LogP contribution in [0.25, 0.3) is 10.9 Å². The zero-order valence-electron chi connectivity index (χ0n) is 20.9. The molecule has 0 bridgehead atoms. The summed E-state index contributed by atoms with van der Waals surface area (Å²) in [6.07, 6.45) is 5.56. The van der Waals surface area contributed by atoms with Gasteiger partial charge in [0, 0.05) is 42.5 Å². The number of Topliss-reactive ketones (excluding diaryl/α,β-unsaturated/α-hetero) is 1. The maximum atomic E-state index is 13.5. The molecule has 1 aromatic heterocycles. The van der Waals surface area contributed by atoms with Crippen LogP contribution in [0, 0.1) is 17.2 Å². The van der Waals surface area contributed by atoms with Crippen LogP contribution in [0.3, 0.4) is 0 Å². The number of ketones is 1. The highest BCUT2D eigenvalue weighted by molar-refractivity contribution is 7.90. The van der Waals surface area contributed by atoms with E-state index in [-0.39, 0.29) is 24.1 Å². The monoisotopic (exact) mass is 533 g/mol. The molecule has 36 heavy (non-hydrogen) atoms. The molecule has 0 aliphatic carbocycles. The molecular formula is C25H35F4N3O3S. The molecule has 0 amide bonds. The van der Waals surface area contributed by atoms with Gasteiger partial charge in [-0.3, -0.25) is 4.79 Å². The summed E-state index contributed by atoms with van der Waals surface area (Å²) in [4.78, 5) is 17.6. The van der Waals surface area contributed by atoms with Crippen molar-refractivity contribution in [1.29, 1.82) is 0 Å². The molecule has 0 saturated carbocycles. The van der Waals surface area contributed by atoms with E-state index in [1.165, 1.54) is 12.1 Å². The topological polar surface area (TPSA) is 82.3 Å². The third-order valence-corrected chi connectivity index (χ3v) is 8.15. The van der Waals surface area contributed by atoms with Crippen molar-refractivity contribution in [2.24, 2.45) is 11.3 Å². The van der Waals surface area contributed by atoms with Crippen molar-refractivity contribution in [3.05, 3.63) is 35.8 Å². The van der Waals surface area contributed by atoms with E-state index < -0.39 is 27.0 Å². The molecule has 6 nitrogen and oxygen atoms in total. The molecule has 1 saturated heterocycles. The van der Waals surface area contributed by atoms with Crippen LogP contribution in [0.2, 0.25) is 0 Å². The Morgan fingerprint density at radius 1 is 1.19 bits per heavy atom. The second-order valence-corrected chi connectivity index (χ2v) is 12.5. The minimum Gasteiger partial charge on any atom is -0.361 e. The highest BCUT2D eigenvalue weighted by atomic mass is 32.2. The van der Waals surface area contributed by atoms with Gasteiger partial charge in [-0.15, -0.1) is 0 Å². The number of aryl methyl sites for hydroxylation is 1. The zero-order valence-corrected chi connectivity index (χ0v) is 21.7. The van der Waals surface area contributed by atoms with Crippen molar-refractivity contribution in [3.8, 4) is 0 Å². The van der Waals surface area contributed by atoms with Crippen molar-refractivity contribution in [2.75, 3.05) is 19.6 Å². The van der Waals surface area contributed by atoms with Gasteiger partial charge < -0.3 is 9.88 Å². The van der Waals surface area contributed by atoms with Crippen LogP contribution < -0.4 is 4.72 Å². The Hall–Kier alpha value is -1.98. The van der Waals surface area contributed by atoms with Gasteiger partial charge in [0.1, 0.15) is 11.6 Å². The lowest BCUT2D eigenvalue weighted by Crippen LogP contribution is -2.54. The van der Waals surface area contributed by atoms with E-state index in [1.807, 2.05) is 15.8 Å². The number of sulfonamides is 1. The first-order valence-electron chi connectivity index (χ1n) is 12.2. The first kappa shape index (κ1) is 28.6. The first-order chi connectivity index (χ1) is 16.7. The van der Waals surface area contributed by atoms with E-state index in [1.54, 1.807) is 26.8 Å². The number of carbonyl (C=O) groups is 1. The maximum Gasteiger partial charge on any atom is 0.511 e. The minimum atomic E-state index is -5.44. The molecule has 1 aliphatic rings. The number of rotatable bonds is 10. The van der Waals surface area contributed by atoms with E-state index in [0.717, 1.165) is 29.3 Å². The van der Waals surface area contributed by atoms with Crippen LogP contribution in [-0.2, 0) is 21.2 Å². The molecule has 2 N–H and O–H groups in total. The van der Waals surface area contributed by atoms with E-state index in [9.17, 15) is 30.8 Å². The fourth-order valence-corrected chi connectivity index (χ4v) is 5.57. The molecule has 0 radical (unpaired) electrons. The number of piperidine rings is 1. The van der Waals surface area contributed by atoms with Crippen LogP contribution in [0.5, 0.6) is 0 Å². The predicted molar refractivity (Wildman–Crippen MR) is 131 cm³/mol. The number of hydrogen-bond donors (Lipinski definition) is 2. The highest BCUT2D eigenvalue weighted by Crippen LogP contribution is 2.29. The molecule has 0 spiro atoms. The van der Waals surface area contributed by atoms with Gasteiger partial charge >= 0.3 is 15.5 Å². The number of H-pyrrole nitrogens is 1. The van der Waals surface area contributed by atoms with Gasteiger partial charge in [-0.25, -0.2) is 17.5 Å². The number of carbonyl (C=O) groups excluding carboxylic acids is 1. The van der Waals surface area contributed by atoms with Gasteiger partial charge in [-0.1, -0.05) is 20.8 Å². The van der Waals surface area contributed by atoms with Crippen molar-refractivity contribution >= 4 is 26.7 Å². The van der Waals surface area contributed by atoms with E-state index in [2.05, 4.69) is 4.98 Å². The molecule has 202 valence electrons. The van der Waals surface area contributed by atoms with E-state index >= 15 is 0 Å². The largest absolute Gasteiger partial charge is 0.511 e. The molecule has 3 rings (SSSR count). The molecule has 1 unspecified atom stereocenters. The van der Waals surface area contributed by atoms with E-state index in [0.29, 0.717) is 38.8 Å². The highest BCUT2D eigenvalue weighted by Gasteiger charge is 2.48. The van der Waals surface area contributed by atoms with Crippen LogP contribution in [0.1, 0.15) is 58.4 Å². The number of aromatic nitrogens is 1. The average molecular weight is 534 g/mol. The van der Waals surface area contributed by atoms with Gasteiger partial charge in [0.15, 0.2) is 0 Å². The second kappa shape index (κ2) is 11.2. The van der Waals surface area contributed by atoms with Gasteiger partial charge in [-0.05, 0) is 73.9 Å². The Kier molecular flexibility index (Phi) is 8.88. The summed E-state index contributed by atoms with van der Waals surface area (Å²) < 4.78 is 77.3. The summed E-state index contributed by atoms with van der Waals surface area (Å²) >= 11 is 0.